The number of halogens is 1. The number of pyridine rings is 1. The largest absolute Gasteiger partial charge is 0.437 e. The van der Waals surface area contributed by atoms with Crippen LogP contribution in [0.2, 0.25) is 5.02 Å². The Morgan fingerprint density at radius 2 is 1.79 bits per heavy atom. The number of hydrogen-bond donors (Lipinski definition) is 1. The van der Waals surface area contributed by atoms with E-state index in [9.17, 15) is 0 Å². The molecular formula is C20H21ClN6O. The molecule has 0 radical (unpaired) electrons. The second-order valence-corrected chi connectivity index (χ2v) is 7.00. The van der Waals surface area contributed by atoms with Crippen LogP contribution < -0.4 is 20.3 Å². The first kappa shape index (κ1) is 18.3. The van der Waals surface area contributed by atoms with E-state index >= 15 is 0 Å². The maximum Gasteiger partial charge on any atom is 0.248 e. The van der Waals surface area contributed by atoms with E-state index in [0.717, 1.165) is 37.6 Å². The number of piperazine rings is 1. The van der Waals surface area contributed by atoms with Crippen LogP contribution in [0.25, 0.3) is 0 Å². The van der Waals surface area contributed by atoms with Crippen molar-refractivity contribution in [3.8, 4) is 11.6 Å². The quantitative estimate of drug-likeness (QED) is 0.722. The minimum Gasteiger partial charge on any atom is -0.437 e. The van der Waals surface area contributed by atoms with Gasteiger partial charge in [-0.2, -0.15) is 4.98 Å². The van der Waals surface area contributed by atoms with Crippen molar-refractivity contribution in [1.29, 1.82) is 0 Å². The van der Waals surface area contributed by atoms with E-state index in [1.54, 1.807) is 12.1 Å². The number of hydrogen-bond acceptors (Lipinski definition) is 7. The predicted molar refractivity (Wildman–Crippen MR) is 111 cm³/mol. The zero-order chi connectivity index (χ0) is 19.5. The number of nitrogens with zero attached hydrogens (tertiary/aromatic N) is 5. The van der Waals surface area contributed by atoms with Crippen molar-refractivity contribution in [2.45, 2.75) is 6.92 Å². The molecule has 4 rings (SSSR count). The Morgan fingerprint density at radius 3 is 2.50 bits per heavy atom. The Kier molecular flexibility index (Phi) is 5.16. The first-order valence-corrected chi connectivity index (χ1v) is 9.45. The summed E-state index contributed by atoms with van der Waals surface area (Å²) in [6.45, 7) is 5.18. The van der Waals surface area contributed by atoms with Crippen LogP contribution in [0.3, 0.4) is 0 Å². The smallest absolute Gasteiger partial charge is 0.248 e. The highest BCUT2D eigenvalue weighted by Gasteiger charge is 2.22. The van der Waals surface area contributed by atoms with Gasteiger partial charge in [-0.05, 0) is 42.8 Å². The number of benzene rings is 1. The van der Waals surface area contributed by atoms with Crippen molar-refractivity contribution in [3.05, 3.63) is 59.5 Å². The summed E-state index contributed by atoms with van der Waals surface area (Å²) in [5.41, 5.74) is 7.69. The lowest BCUT2D eigenvalue weighted by molar-refractivity contribution is 0.463. The number of ether oxygens (including phenoxy) is 1. The van der Waals surface area contributed by atoms with Gasteiger partial charge >= 0.3 is 0 Å². The van der Waals surface area contributed by atoms with E-state index in [1.807, 2.05) is 37.4 Å². The van der Waals surface area contributed by atoms with E-state index in [1.165, 1.54) is 6.33 Å². The number of aromatic nitrogens is 3. The van der Waals surface area contributed by atoms with E-state index in [0.29, 0.717) is 28.2 Å². The number of rotatable bonds is 4. The molecule has 1 aliphatic rings. The molecule has 0 aliphatic carbocycles. The second kappa shape index (κ2) is 7.90. The summed E-state index contributed by atoms with van der Waals surface area (Å²) in [4.78, 5) is 17.4. The zero-order valence-electron chi connectivity index (χ0n) is 15.5. The van der Waals surface area contributed by atoms with E-state index in [-0.39, 0.29) is 0 Å². The third kappa shape index (κ3) is 3.80. The average Bonchev–Trinajstić information content (AvgIpc) is 2.73. The van der Waals surface area contributed by atoms with Gasteiger partial charge in [-0.1, -0.05) is 17.7 Å². The highest BCUT2D eigenvalue weighted by atomic mass is 35.5. The van der Waals surface area contributed by atoms with E-state index in [2.05, 4.69) is 24.8 Å². The Bertz CT molecular complexity index is 960. The Hall–Kier alpha value is -3.06. The topological polar surface area (TPSA) is 80.4 Å². The molecule has 0 spiro atoms. The fourth-order valence-corrected chi connectivity index (χ4v) is 3.30. The SMILES string of the molecule is Cc1cc(Oc2ncnc(N3CCN(c4ccccn4)CC3)c2N)ccc1Cl. The second-order valence-electron chi connectivity index (χ2n) is 6.59. The maximum absolute atomic E-state index is 6.33. The molecule has 28 heavy (non-hydrogen) atoms. The summed E-state index contributed by atoms with van der Waals surface area (Å²) in [6.07, 6.45) is 3.29. The fraction of sp³-hybridized carbons (Fsp3) is 0.250. The van der Waals surface area contributed by atoms with Crippen molar-refractivity contribution < 1.29 is 4.74 Å². The molecule has 1 aliphatic heterocycles. The molecule has 7 nitrogen and oxygen atoms in total. The molecule has 3 aromatic rings. The lowest BCUT2D eigenvalue weighted by atomic mass is 10.2. The van der Waals surface area contributed by atoms with Gasteiger partial charge in [0.2, 0.25) is 5.88 Å². The van der Waals surface area contributed by atoms with E-state index in [4.69, 9.17) is 22.1 Å². The van der Waals surface area contributed by atoms with Crippen LogP contribution in [0.15, 0.2) is 48.9 Å². The average molecular weight is 397 g/mol. The van der Waals surface area contributed by atoms with E-state index < -0.39 is 0 Å². The third-order valence-electron chi connectivity index (χ3n) is 4.72. The number of nitrogens with two attached hydrogens (primary N) is 1. The van der Waals surface area contributed by atoms with Crippen LogP contribution in [-0.2, 0) is 0 Å². The zero-order valence-corrected chi connectivity index (χ0v) is 16.3. The molecule has 1 fully saturated rings. The van der Waals surface area contributed by atoms with Crippen LogP contribution in [-0.4, -0.2) is 41.1 Å². The molecule has 1 saturated heterocycles. The Morgan fingerprint density at radius 1 is 1.00 bits per heavy atom. The Labute approximate surface area is 168 Å². The van der Waals surface area contributed by atoms with Crippen molar-refractivity contribution in [2.24, 2.45) is 0 Å². The van der Waals surface area contributed by atoms with Crippen molar-refractivity contribution in [2.75, 3.05) is 41.7 Å². The number of anilines is 3. The van der Waals surface area contributed by atoms with Crippen LogP contribution in [0.5, 0.6) is 11.6 Å². The van der Waals surface area contributed by atoms with Gasteiger partial charge in [0.15, 0.2) is 5.82 Å². The van der Waals surface area contributed by atoms with Gasteiger partial charge in [0, 0.05) is 37.4 Å². The standard InChI is InChI=1S/C20H21ClN6O/c1-14-12-15(5-6-16(14)21)28-20-18(22)19(24-13-25-20)27-10-8-26(9-11-27)17-4-2-3-7-23-17/h2-7,12-13H,8-11,22H2,1H3. The monoisotopic (exact) mass is 396 g/mol. The van der Waals surface area contributed by atoms with Gasteiger partial charge in [-0.3, -0.25) is 0 Å². The minimum absolute atomic E-state index is 0.346. The van der Waals surface area contributed by atoms with Gasteiger partial charge in [-0.15, -0.1) is 0 Å². The van der Waals surface area contributed by atoms with Crippen molar-refractivity contribution in [1.82, 2.24) is 15.0 Å². The molecule has 0 atom stereocenters. The summed E-state index contributed by atoms with van der Waals surface area (Å²) >= 11 is 6.08. The molecule has 2 N–H and O–H groups in total. The summed E-state index contributed by atoms with van der Waals surface area (Å²) in [6, 6.07) is 11.4. The summed E-state index contributed by atoms with van der Waals surface area (Å²) in [5, 5.41) is 0.689. The molecule has 3 heterocycles. The van der Waals surface area contributed by atoms with Crippen LogP contribution in [0.4, 0.5) is 17.3 Å². The highest BCUT2D eigenvalue weighted by Crippen LogP contribution is 2.33. The van der Waals surface area contributed by atoms with Gasteiger partial charge in [0.05, 0.1) is 0 Å². The normalized spacial score (nSPS) is 14.2. The summed E-state index contributed by atoms with van der Waals surface area (Å²) < 4.78 is 5.89. The minimum atomic E-state index is 0.346. The van der Waals surface area contributed by atoms with Gasteiger partial charge in [-0.25, -0.2) is 9.97 Å². The predicted octanol–water partition coefficient (Wildman–Crippen LogP) is 3.53. The number of aryl methyl sites for hydroxylation is 1. The number of nitrogen functional groups attached to an aromatic ring is 1. The first-order chi connectivity index (χ1) is 13.6. The van der Waals surface area contributed by atoms with Crippen LogP contribution >= 0.6 is 11.6 Å². The molecule has 0 amide bonds. The first-order valence-electron chi connectivity index (χ1n) is 9.07. The summed E-state index contributed by atoms with van der Waals surface area (Å²) in [5.74, 6) is 2.66. The molecule has 8 heteroatoms. The lowest BCUT2D eigenvalue weighted by Crippen LogP contribution is -2.47. The van der Waals surface area contributed by atoms with Gasteiger partial charge in [0.25, 0.3) is 0 Å². The third-order valence-corrected chi connectivity index (χ3v) is 5.15. The maximum atomic E-state index is 6.33. The fourth-order valence-electron chi connectivity index (χ4n) is 3.18. The van der Waals surface area contributed by atoms with Gasteiger partial charge < -0.3 is 20.3 Å². The molecule has 144 valence electrons. The molecule has 0 unspecified atom stereocenters. The lowest BCUT2D eigenvalue weighted by Gasteiger charge is -2.36. The molecule has 0 saturated carbocycles. The van der Waals surface area contributed by atoms with Gasteiger partial charge in [0.1, 0.15) is 23.6 Å². The molecule has 1 aromatic carbocycles. The summed E-state index contributed by atoms with van der Waals surface area (Å²) in [7, 11) is 0. The van der Waals surface area contributed by atoms with Crippen LogP contribution in [0, 0.1) is 6.92 Å². The molecular weight excluding hydrogens is 376 g/mol. The molecule has 2 aromatic heterocycles. The molecule has 0 bridgehead atoms. The Balaban J connectivity index is 1.49. The van der Waals surface area contributed by atoms with Crippen molar-refractivity contribution in [3.63, 3.8) is 0 Å². The van der Waals surface area contributed by atoms with Crippen molar-refractivity contribution >= 4 is 28.9 Å². The highest BCUT2D eigenvalue weighted by molar-refractivity contribution is 6.31. The van der Waals surface area contributed by atoms with Crippen LogP contribution in [0.1, 0.15) is 5.56 Å².